The Morgan fingerprint density at radius 2 is 2.44 bits per heavy atom. The minimum Gasteiger partial charge on any atom is -0.275 e. The normalized spacial score (nSPS) is 17.9. The van der Waals surface area contributed by atoms with E-state index in [0.717, 1.165) is 4.90 Å². The van der Waals surface area contributed by atoms with Crippen LogP contribution in [0.5, 0.6) is 0 Å². The van der Waals surface area contributed by atoms with E-state index in [1.165, 1.54) is 6.92 Å². The van der Waals surface area contributed by atoms with Gasteiger partial charge in [-0.2, -0.15) is 0 Å². The van der Waals surface area contributed by atoms with E-state index in [1.807, 2.05) is 0 Å². The molecule has 1 fully saturated rings. The summed E-state index contributed by atoms with van der Waals surface area (Å²) in [6.07, 6.45) is 0. The average molecular weight is 127 g/mol. The smallest absolute Gasteiger partial charge is 0.275 e. The van der Waals surface area contributed by atoms with Crippen LogP contribution in [0.4, 0.5) is 4.79 Å². The number of urea groups is 1. The summed E-state index contributed by atoms with van der Waals surface area (Å²) in [6, 6.07) is -0.400. The van der Waals surface area contributed by atoms with Crippen LogP contribution in [0, 0.1) is 0 Å². The summed E-state index contributed by atoms with van der Waals surface area (Å²) < 4.78 is 0. The minimum absolute atomic E-state index is 0.221. The Labute approximate surface area is 52.8 Å². The second kappa shape index (κ2) is 2.05. The molecular weight excluding hydrogens is 120 g/mol. The fourth-order valence-electron chi connectivity index (χ4n) is 0.719. The molecule has 0 aromatic carbocycles. The quantitative estimate of drug-likeness (QED) is 0.443. The molecular formula is C5H7N2O2. The number of hydrogen-bond acceptors (Lipinski definition) is 2. The van der Waals surface area contributed by atoms with E-state index in [0.29, 0.717) is 13.1 Å². The molecule has 1 aliphatic heterocycles. The molecule has 49 valence electrons. The molecule has 1 radical (unpaired) electrons. The monoisotopic (exact) mass is 127 g/mol. The summed E-state index contributed by atoms with van der Waals surface area (Å²) in [7, 11) is 0. The second-order valence-corrected chi connectivity index (χ2v) is 1.83. The molecule has 9 heavy (non-hydrogen) atoms. The van der Waals surface area contributed by atoms with Gasteiger partial charge in [-0.1, -0.05) is 0 Å². The predicted octanol–water partition coefficient (Wildman–Crippen LogP) is -0.427. The van der Waals surface area contributed by atoms with Crippen molar-refractivity contribution >= 4 is 11.9 Å². The fourth-order valence-corrected chi connectivity index (χ4v) is 0.719. The van der Waals surface area contributed by atoms with Gasteiger partial charge in [0.2, 0.25) is 5.91 Å². The number of rotatable bonds is 0. The molecule has 0 saturated carbocycles. The first-order valence-corrected chi connectivity index (χ1v) is 2.71. The number of hydrogen-bond donors (Lipinski definition) is 0. The third-order valence-electron chi connectivity index (χ3n) is 1.18. The fraction of sp³-hybridized carbons (Fsp3) is 0.600. The third kappa shape index (κ3) is 1.01. The molecule has 0 spiro atoms. The molecule has 0 atom stereocenters. The van der Waals surface area contributed by atoms with Gasteiger partial charge in [-0.25, -0.2) is 10.1 Å². The van der Waals surface area contributed by atoms with Gasteiger partial charge in [0.1, 0.15) is 0 Å². The van der Waals surface area contributed by atoms with Gasteiger partial charge in [-0.15, -0.1) is 0 Å². The van der Waals surface area contributed by atoms with Crippen molar-refractivity contribution in [2.45, 2.75) is 6.92 Å². The van der Waals surface area contributed by atoms with Gasteiger partial charge in [0.15, 0.2) is 0 Å². The van der Waals surface area contributed by atoms with Gasteiger partial charge in [0.05, 0.1) is 13.1 Å². The molecule has 4 nitrogen and oxygen atoms in total. The Morgan fingerprint density at radius 3 is 2.67 bits per heavy atom. The van der Waals surface area contributed by atoms with Crippen molar-refractivity contribution in [1.29, 1.82) is 0 Å². The highest BCUT2D eigenvalue weighted by molar-refractivity contribution is 5.94. The van der Waals surface area contributed by atoms with Crippen molar-refractivity contribution in [1.82, 2.24) is 10.2 Å². The van der Waals surface area contributed by atoms with Crippen molar-refractivity contribution in [3.05, 3.63) is 0 Å². The van der Waals surface area contributed by atoms with Gasteiger partial charge in [0.25, 0.3) is 0 Å². The Bertz CT molecular complexity index is 155. The van der Waals surface area contributed by atoms with Gasteiger partial charge in [-0.05, 0) is 0 Å². The highest BCUT2D eigenvalue weighted by atomic mass is 16.2. The largest absolute Gasteiger partial charge is 0.345 e. The van der Waals surface area contributed by atoms with Crippen molar-refractivity contribution < 1.29 is 9.59 Å². The Balaban J connectivity index is 2.60. The van der Waals surface area contributed by atoms with Gasteiger partial charge in [0, 0.05) is 6.92 Å². The molecule has 0 bridgehead atoms. The number of nitrogens with zero attached hydrogens (tertiary/aromatic N) is 2. The molecule has 0 aromatic rings. The lowest BCUT2D eigenvalue weighted by Gasteiger charge is -2.05. The van der Waals surface area contributed by atoms with Crippen LogP contribution in [0.1, 0.15) is 6.92 Å². The first-order valence-electron chi connectivity index (χ1n) is 2.71. The van der Waals surface area contributed by atoms with E-state index in [2.05, 4.69) is 5.32 Å². The Morgan fingerprint density at radius 1 is 1.78 bits per heavy atom. The van der Waals surface area contributed by atoms with Crippen molar-refractivity contribution in [2.75, 3.05) is 13.1 Å². The van der Waals surface area contributed by atoms with E-state index in [9.17, 15) is 9.59 Å². The minimum atomic E-state index is -0.400. The zero-order valence-electron chi connectivity index (χ0n) is 5.13. The van der Waals surface area contributed by atoms with Crippen LogP contribution >= 0.6 is 0 Å². The zero-order valence-corrected chi connectivity index (χ0v) is 5.13. The Kier molecular flexibility index (Phi) is 1.38. The molecule has 4 heteroatoms. The first kappa shape index (κ1) is 6.07. The summed E-state index contributed by atoms with van der Waals surface area (Å²) >= 11 is 0. The molecule has 3 amide bonds. The van der Waals surface area contributed by atoms with Crippen LogP contribution in [0.25, 0.3) is 0 Å². The van der Waals surface area contributed by atoms with Gasteiger partial charge >= 0.3 is 6.03 Å². The van der Waals surface area contributed by atoms with E-state index in [-0.39, 0.29) is 5.91 Å². The van der Waals surface area contributed by atoms with Crippen molar-refractivity contribution in [3.8, 4) is 0 Å². The maximum atomic E-state index is 10.6. The van der Waals surface area contributed by atoms with E-state index < -0.39 is 6.03 Å². The average Bonchev–Trinajstić information content (AvgIpc) is 2.13. The number of carbonyl (C=O) groups is 2. The third-order valence-corrected chi connectivity index (χ3v) is 1.18. The Hall–Kier alpha value is -1.06. The van der Waals surface area contributed by atoms with Crippen LogP contribution in [0.3, 0.4) is 0 Å². The summed E-state index contributed by atoms with van der Waals surface area (Å²) in [5.41, 5.74) is 0. The van der Waals surface area contributed by atoms with Gasteiger partial charge in [-0.3, -0.25) is 9.69 Å². The maximum Gasteiger partial charge on any atom is 0.345 e. The van der Waals surface area contributed by atoms with Crippen LogP contribution in [0.15, 0.2) is 0 Å². The predicted molar refractivity (Wildman–Crippen MR) is 29.8 cm³/mol. The maximum absolute atomic E-state index is 10.6. The topological polar surface area (TPSA) is 51.5 Å². The van der Waals surface area contributed by atoms with Gasteiger partial charge < -0.3 is 0 Å². The highest BCUT2D eigenvalue weighted by Gasteiger charge is 2.24. The van der Waals surface area contributed by atoms with Crippen LogP contribution in [0.2, 0.25) is 0 Å². The van der Waals surface area contributed by atoms with E-state index in [1.54, 1.807) is 0 Å². The van der Waals surface area contributed by atoms with Crippen molar-refractivity contribution in [2.24, 2.45) is 0 Å². The van der Waals surface area contributed by atoms with E-state index in [4.69, 9.17) is 0 Å². The summed E-state index contributed by atoms with van der Waals surface area (Å²) in [4.78, 5) is 22.2. The lowest BCUT2D eigenvalue weighted by molar-refractivity contribution is -0.125. The SMILES string of the molecule is CC(=O)N1CC[N]C1=O. The molecule has 0 N–H and O–H groups in total. The first-order chi connectivity index (χ1) is 4.22. The molecule has 0 aliphatic carbocycles. The molecule has 1 aliphatic rings. The molecule has 1 saturated heterocycles. The zero-order chi connectivity index (χ0) is 6.85. The lowest BCUT2D eigenvalue weighted by Crippen LogP contribution is -2.30. The van der Waals surface area contributed by atoms with E-state index >= 15 is 0 Å². The second-order valence-electron chi connectivity index (χ2n) is 1.83. The summed E-state index contributed by atoms with van der Waals surface area (Å²) in [5.74, 6) is -0.221. The number of imide groups is 1. The van der Waals surface area contributed by atoms with Crippen LogP contribution in [-0.2, 0) is 4.79 Å². The molecule has 0 unspecified atom stereocenters. The summed E-state index contributed by atoms with van der Waals surface area (Å²) in [6.45, 7) is 2.27. The number of carbonyl (C=O) groups excluding carboxylic acids is 2. The molecule has 1 rings (SSSR count). The summed E-state index contributed by atoms with van der Waals surface area (Å²) in [5, 5.41) is 3.50. The standard InChI is InChI=1S/C5H7N2O2/c1-4(8)7-3-2-6-5(7)9/h2-3H2,1H3. The molecule has 0 aromatic heterocycles. The van der Waals surface area contributed by atoms with Crippen molar-refractivity contribution in [3.63, 3.8) is 0 Å². The van der Waals surface area contributed by atoms with Crippen LogP contribution in [-0.4, -0.2) is 29.9 Å². The van der Waals surface area contributed by atoms with Crippen LogP contribution < -0.4 is 5.32 Å². The molecule has 1 heterocycles. The number of amides is 3. The lowest BCUT2D eigenvalue weighted by atomic mass is 10.5. The highest BCUT2D eigenvalue weighted by Crippen LogP contribution is 1.97.